The fourth-order valence-corrected chi connectivity index (χ4v) is 2.10. The van der Waals surface area contributed by atoms with Gasteiger partial charge in [-0.2, -0.15) is 0 Å². The van der Waals surface area contributed by atoms with Crippen LogP contribution in [0.25, 0.3) is 0 Å². The lowest BCUT2D eigenvalue weighted by Crippen LogP contribution is -2.38. The van der Waals surface area contributed by atoms with E-state index in [1.165, 1.54) is 12.1 Å². The van der Waals surface area contributed by atoms with Gasteiger partial charge in [-0.3, -0.25) is 0 Å². The normalized spacial score (nSPS) is 10.1. The van der Waals surface area contributed by atoms with Crippen LogP contribution >= 0.6 is 0 Å². The van der Waals surface area contributed by atoms with E-state index in [-0.39, 0.29) is 18.5 Å². The van der Waals surface area contributed by atoms with Crippen molar-refractivity contribution in [3.8, 4) is 11.5 Å². The van der Waals surface area contributed by atoms with Crippen LogP contribution in [0.15, 0.2) is 48.5 Å². The molecule has 0 aliphatic heterocycles. The smallest absolute Gasteiger partial charge is 0.314 e. The average molecular weight is 332 g/mol. The second-order valence-corrected chi connectivity index (χ2v) is 5.09. The lowest BCUT2D eigenvalue weighted by atomic mass is 10.1. The molecule has 2 amide bonds. The number of amides is 2. The minimum absolute atomic E-state index is 0.263. The summed E-state index contributed by atoms with van der Waals surface area (Å²) < 4.78 is 23.5. The van der Waals surface area contributed by atoms with Crippen LogP contribution in [0.5, 0.6) is 11.5 Å². The van der Waals surface area contributed by atoms with Gasteiger partial charge in [-0.1, -0.05) is 18.2 Å². The first-order chi connectivity index (χ1) is 11.7. The molecule has 0 spiro atoms. The highest BCUT2D eigenvalue weighted by atomic mass is 19.1. The number of hydrogen-bond donors (Lipinski definition) is 2. The van der Waals surface area contributed by atoms with Crippen LogP contribution in [0, 0.1) is 5.82 Å². The van der Waals surface area contributed by atoms with Gasteiger partial charge < -0.3 is 20.1 Å². The van der Waals surface area contributed by atoms with E-state index in [4.69, 9.17) is 9.47 Å². The molecule has 0 saturated heterocycles. The quantitative estimate of drug-likeness (QED) is 0.731. The van der Waals surface area contributed by atoms with Gasteiger partial charge in [0.1, 0.15) is 23.9 Å². The predicted molar refractivity (Wildman–Crippen MR) is 90.0 cm³/mol. The third kappa shape index (κ3) is 6.16. The summed E-state index contributed by atoms with van der Waals surface area (Å²) in [6.45, 7) is 1.12. The number of carbonyl (C=O) groups is 1. The van der Waals surface area contributed by atoms with Gasteiger partial charge in [0.15, 0.2) is 0 Å². The van der Waals surface area contributed by atoms with Gasteiger partial charge >= 0.3 is 6.03 Å². The Morgan fingerprint density at radius 1 is 1.04 bits per heavy atom. The first-order valence-corrected chi connectivity index (χ1v) is 7.70. The molecule has 0 saturated carbocycles. The Hall–Kier alpha value is -2.76. The second-order valence-electron chi connectivity index (χ2n) is 5.09. The Labute approximate surface area is 140 Å². The maximum absolute atomic E-state index is 13.0. The van der Waals surface area contributed by atoms with Crippen LogP contribution in [0.3, 0.4) is 0 Å². The van der Waals surface area contributed by atoms with E-state index in [2.05, 4.69) is 10.6 Å². The van der Waals surface area contributed by atoms with Crippen LogP contribution in [-0.4, -0.2) is 32.8 Å². The standard InChI is InChI=1S/C18H21FN2O3/c1-23-16-6-2-4-14(12-16)8-9-20-18(22)21-10-11-24-17-7-3-5-15(19)13-17/h2-7,12-13H,8-11H2,1H3,(H2,20,21,22). The minimum atomic E-state index is -0.351. The van der Waals surface area contributed by atoms with Gasteiger partial charge in [0.2, 0.25) is 0 Å². The molecule has 2 aromatic rings. The van der Waals surface area contributed by atoms with Gasteiger partial charge in [0, 0.05) is 12.6 Å². The fourth-order valence-electron chi connectivity index (χ4n) is 2.10. The molecule has 0 radical (unpaired) electrons. The molecule has 0 bridgehead atoms. The van der Waals surface area contributed by atoms with Crippen molar-refractivity contribution in [3.05, 3.63) is 59.9 Å². The molecule has 0 heterocycles. The highest BCUT2D eigenvalue weighted by molar-refractivity contribution is 5.73. The molecule has 6 heteroatoms. The second kappa shape index (κ2) is 9.39. The summed E-state index contributed by atoms with van der Waals surface area (Å²) in [5.74, 6) is 0.887. The number of carbonyl (C=O) groups excluding carboxylic acids is 1. The number of nitrogens with one attached hydrogen (secondary N) is 2. The van der Waals surface area contributed by atoms with Crippen LogP contribution in [-0.2, 0) is 6.42 Å². The van der Waals surface area contributed by atoms with Crippen molar-refractivity contribution >= 4 is 6.03 Å². The van der Waals surface area contributed by atoms with Crippen molar-refractivity contribution in [2.45, 2.75) is 6.42 Å². The van der Waals surface area contributed by atoms with Gasteiger partial charge in [-0.15, -0.1) is 0 Å². The van der Waals surface area contributed by atoms with E-state index in [0.29, 0.717) is 25.3 Å². The first-order valence-electron chi connectivity index (χ1n) is 7.70. The Morgan fingerprint density at radius 2 is 1.79 bits per heavy atom. The summed E-state index contributed by atoms with van der Waals surface area (Å²) in [6.07, 6.45) is 0.713. The predicted octanol–water partition coefficient (Wildman–Crippen LogP) is 2.76. The molecule has 24 heavy (non-hydrogen) atoms. The molecule has 2 N–H and O–H groups in total. The first kappa shape index (κ1) is 17.6. The molecule has 2 rings (SSSR count). The number of halogens is 1. The SMILES string of the molecule is COc1cccc(CCNC(=O)NCCOc2cccc(F)c2)c1. The Kier molecular flexibility index (Phi) is 6.89. The number of urea groups is 1. The van der Waals surface area contributed by atoms with E-state index in [0.717, 1.165) is 11.3 Å². The van der Waals surface area contributed by atoms with Gasteiger partial charge in [0.05, 0.1) is 13.7 Å². The largest absolute Gasteiger partial charge is 0.497 e. The van der Waals surface area contributed by atoms with Gasteiger partial charge in [0.25, 0.3) is 0 Å². The third-order valence-electron chi connectivity index (χ3n) is 3.29. The van der Waals surface area contributed by atoms with Crippen molar-refractivity contribution < 1.29 is 18.7 Å². The van der Waals surface area contributed by atoms with Gasteiger partial charge in [-0.05, 0) is 36.2 Å². The molecule has 128 valence electrons. The number of hydrogen-bond acceptors (Lipinski definition) is 3. The van der Waals surface area contributed by atoms with Crippen molar-refractivity contribution in [2.75, 3.05) is 26.8 Å². The van der Waals surface area contributed by atoms with Crippen LogP contribution in [0.4, 0.5) is 9.18 Å². The molecule has 0 aliphatic rings. The maximum atomic E-state index is 13.0. The van der Waals surface area contributed by atoms with Crippen LogP contribution in [0.2, 0.25) is 0 Å². The topological polar surface area (TPSA) is 59.6 Å². The molecule has 5 nitrogen and oxygen atoms in total. The molecule has 0 unspecified atom stereocenters. The highest BCUT2D eigenvalue weighted by Gasteiger charge is 2.01. The third-order valence-corrected chi connectivity index (χ3v) is 3.29. The van der Waals surface area contributed by atoms with Crippen molar-refractivity contribution in [3.63, 3.8) is 0 Å². The summed E-state index contributed by atoms with van der Waals surface area (Å²) in [4.78, 5) is 11.7. The van der Waals surface area contributed by atoms with Gasteiger partial charge in [-0.25, -0.2) is 9.18 Å². The van der Waals surface area contributed by atoms with Crippen molar-refractivity contribution in [1.29, 1.82) is 0 Å². The minimum Gasteiger partial charge on any atom is -0.497 e. The summed E-state index contributed by atoms with van der Waals surface area (Å²) in [7, 11) is 1.62. The lowest BCUT2D eigenvalue weighted by Gasteiger charge is -2.09. The Bertz CT molecular complexity index is 664. The van der Waals surface area contributed by atoms with E-state index in [1.807, 2.05) is 24.3 Å². The van der Waals surface area contributed by atoms with Crippen LogP contribution < -0.4 is 20.1 Å². The van der Waals surface area contributed by atoms with Crippen LogP contribution in [0.1, 0.15) is 5.56 Å². The lowest BCUT2D eigenvalue weighted by molar-refractivity contribution is 0.236. The molecule has 0 aliphatic carbocycles. The number of methoxy groups -OCH3 is 1. The zero-order valence-corrected chi connectivity index (χ0v) is 13.5. The Morgan fingerprint density at radius 3 is 2.58 bits per heavy atom. The molecule has 0 aromatic heterocycles. The number of rotatable bonds is 8. The molecular formula is C18H21FN2O3. The molecule has 0 fully saturated rings. The zero-order valence-electron chi connectivity index (χ0n) is 13.5. The summed E-state index contributed by atoms with van der Waals surface area (Å²) in [5.41, 5.74) is 1.09. The zero-order chi connectivity index (χ0) is 17.2. The van der Waals surface area contributed by atoms with E-state index >= 15 is 0 Å². The maximum Gasteiger partial charge on any atom is 0.314 e. The van der Waals surface area contributed by atoms with E-state index < -0.39 is 0 Å². The van der Waals surface area contributed by atoms with E-state index in [9.17, 15) is 9.18 Å². The Balaban J connectivity index is 1.59. The van der Waals surface area contributed by atoms with Crippen molar-refractivity contribution in [2.24, 2.45) is 0 Å². The summed E-state index contributed by atoms with van der Waals surface area (Å²) >= 11 is 0. The monoisotopic (exact) mass is 332 g/mol. The molecule has 0 atom stereocenters. The van der Waals surface area contributed by atoms with E-state index in [1.54, 1.807) is 19.2 Å². The summed E-state index contributed by atoms with van der Waals surface area (Å²) in [6, 6.07) is 13.3. The summed E-state index contributed by atoms with van der Waals surface area (Å²) in [5, 5.41) is 5.45. The number of ether oxygens (including phenoxy) is 2. The average Bonchev–Trinajstić information content (AvgIpc) is 2.59. The fraction of sp³-hybridized carbons (Fsp3) is 0.278. The van der Waals surface area contributed by atoms with Crippen molar-refractivity contribution in [1.82, 2.24) is 10.6 Å². The molecular weight excluding hydrogens is 311 g/mol. The number of benzene rings is 2. The highest BCUT2D eigenvalue weighted by Crippen LogP contribution is 2.12. The molecule has 2 aromatic carbocycles.